The van der Waals surface area contributed by atoms with Gasteiger partial charge in [0.15, 0.2) is 5.65 Å². The van der Waals surface area contributed by atoms with Crippen LogP contribution in [0.4, 0.5) is 4.39 Å². The average molecular weight is 306 g/mol. The highest BCUT2D eigenvalue weighted by molar-refractivity contribution is 5.79. The van der Waals surface area contributed by atoms with Crippen LogP contribution in [0.2, 0.25) is 0 Å². The van der Waals surface area contributed by atoms with Crippen LogP contribution in [-0.4, -0.2) is 14.5 Å². The highest BCUT2D eigenvalue weighted by Gasteiger charge is 2.45. The molecule has 0 unspecified atom stereocenters. The standard InChI is InChI=1S/C18H15FN4/c1-11-22-16-7-12(9-21-17(16)23(11)2)14-8-13(3-4-15(14)19)18(10-20)5-6-18/h3-4,7-9H,5-6H2,1-2H3. The van der Waals surface area contributed by atoms with E-state index in [0.29, 0.717) is 11.1 Å². The van der Waals surface area contributed by atoms with E-state index in [1.807, 2.05) is 24.6 Å². The van der Waals surface area contributed by atoms with E-state index >= 15 is 0 Å². The molecule has 1 saturated carbocycles. The SMILES string of the molecule is Cc1nc2cc(-c3cc(C4(C#N)CC4)ccc3F)cnc2n1C. The monoisotopic (exact) mass is 306 g/mol. The number of hydrogen-bond donors (Lipinski definition) is 0. The molecule has 0 atom stereocenters. The lowest BCUT2D eigenvalue weighted by Crippen LogP contribution is -2.03. The Labute approximate surface area is 133 Å². The van der Waals surface area contributed by atoms with Crippen molar-refractivity contribution in [1.82, 2.24) is 14.5 Å². The zero-order valence-corrected chi connectivity index (χ0v) is 13.0. The summed E-state index contributed by atoms with van der Waals surface area (Å²) >= 11 is 0. The van der Waals surface area contributed by atoms with Gasteiger partial charge >= 0.3 is 0 Å². The number of fused-ring (bicyclic) bond motifs is 1. The zero-order chi connectivity index (χ0) is 16.2. The van der Waals surface area contributed by atoms with Gasteiger partial charge in [0.1, 0.15) is 17.2 Å². The predicted molar refractivity (Wildman–Crippen MR) is 85.2 cm³/mol. The third-order valence-electron chi connectivity index (χ3n) is 4.73. The summed E-state index contributed by atoms with van der Waals surface area (Å²) in [7, 11) is 1.91. The third-order valence-corrected chi connectivity index (χ3v) is 4.73. The number of rotatable bonds is 2. The minimum absolute atomic E-state index is 0.309. The van der Waals surface area contributed by atoms with Gasteiger partial charge in [0, 0.05) is 24.4 Å². The number of aromatic nitrogens is 3. The summed E-state index contributed by atoms with van der Waals surface area (Å²) in [5.41, 5.74) is 3.13. The minimum atomic E-state index is -0.429. The lowest BCUT2D eigenvalue weighted by Gasteiger charge is -2.10. The molecule has 5 heteroatoms. The average Bonchev–Trinajstić information content (AvgIpc) is 3.30. The van der Waals surface area contributed by atoms with Crippen LogP contribution >= 0.6 is 0 Å². The van der Waals surface area contributed by atoms with Crippen molar-refractivity contribution < 1.29 is 4.39 Å². The van der Waals surface area contributed by atoms with Gasteiger partial charge in [-0.1, -0.05) is 6.07 Å². The first-order chi connectivity index (χ1) is 11.0. The van der Waals surface area contributed by atoms with Crippen LogP contribution in [-0.2, 0) is 12.5 Å². The van der Waals surface area contributed by atoms with Crippen molar-refractivity contribution in [2.24, 2.45) is 7.05 Å². The molecule has 0 radical (unpaired) electrons. The second-order valence-corrected chi connectivity index (χ2v) is 6.17. The maximum atomic E-state index is 14.3. The Morgan fingerprint density at radius 2 is 2.09 bits per heavy atom. The van der Waals surface area contributed by atoms with E-state index in [2.05, 4.69) is 16.0 Å². The van der Waals surface area contributed by atoms with Gasteiger partial charge in [-0.05, 0) is 43.5 Å². The molecule has 0 aliphatic heterocycles. The molecule has 2 heterocycles. The molecule has 2 aromatic heterocycles. The number of nitriles is 1. The van der Waals surface area contributed by atoms with Gasteiger partial charge in [0.05, 0.1) is 11.5 Å². The van der Waals surface area contributed by atoms with Crippen LogP contribution in [0.1, 0.15) is 24.2 Å². The summed E-state index contributed by atoms with van der Waals surface area (Å²) in [6.07, 6.45) is 3.34. The van der Waals surface area contributed by atoms with Crippen molar-refractivity contribution in [3.05, 3.63) is 47.7 Å². The van der Waals surface area contributed by atoms with E-state index < -0.39 is 5.41 Å². The molecule has 114 valence electrons. The van der Waals surface area contributed by atoms with Gasteiger partial charge in [-0.2, -0.15) is 5.26 Å². The number of halogens is 1. The lowest BCUT2D eigenvalue weighted by atomic mass is 9.94. The van der Waals surface area contributed by atoms with Crippen LogP contribution in [0.15, 0.2) is 30.5 Å². The molecule has 1 fully saturated rings. The maximum absolute atomic E-state index is 14.3. The predicted octanol–water partition coefficient (Wildman–Crippen LogP) is 3.64. The first-order valence-electron chi connectivity index (χ1n) is 7.55. The molecule has 0 bridgehead atoms. The fourth-order valence-corrected chi connectivity index (χ4v) is 2.97. The fraction of sp³-hybridized carbons (Fsp3) is 0.278. The van der Waals surface area contributed by atoms with Gasteiger partial charge in [-0.25, -0.2) is 14.4 Å². The second kappa shape index (κ2) is 4.63. The fourth-order valence-electron chi connectivity index (χ4n) is 2.97. The van der Waals surface area contributed by atoms with Crippen molar-refractivity contribution in [3.63, 3.8) is 0 Å². The Bertz CT molecular complexity index is 977. The molecule has 1 aliphatic carbocycles. The summed E-state index contributed by atoms with van der Waals surface area (Å²) in [5.74, 6) is 0.552. The summed E-state index contributed by atoms with van der Waals surface area (Å²) in [6, 6.07) is 9.14. The van der Waals surface area contributed by atoms with Crippen molar-refractivity contribution in [2.45, 2.75) is 25.2 Å². The molecule has 0 saturated heterocycles. The quantitative estimate of drug-likeness (QED) is 0.726. The van der Waals surface area contributed by atoms with Crippen LogP contribution in [0.25, 0.3) is 22.3 Å². The van der Waals surface area contributed by atoms with Crippen LogP contribution in [0, 0.1) is 24.1 Å². The molecule has 0 amide bonds. The maximum Gasteiger partial charge on any atom is 0.159 e. The summed E-state index contributed by atoms with van der Waals surface area (Å²) in [6.45, 7) is 1.91. The van der Waals surface area contributed by atoms with Gasteiger partial charge < -0.3 is 4.57 Å². The van der Waals surface area contributed by atoms with Gasteiger partial charge in [0.2, 0.25) is 0 Å². The van der Waals surface area contributed by atoms with Crippen molar-refractivity contribution in [1.29, 1.82) is 5.26 Å². The molecule has 4 nitrogen and oxygen atoms in total. The molecule has 1 aliphatic rings. The minimum Gasteiger partial charge on any atom is -0.316 e. The molecular weight excluding hydrogens is 291 g/mol. The number of hydrogen-bond acceptors (Lipinski definition) is 3. The first-order valence-corrected chi connectivity index (χ1v) is 7.55. The van der Waals surface area contributed by atoms with E-state index in [9.17, 15) is 9.65 Å². The largest absolute Gasteiger partial charge is 0.316 e. The highest BCUT2D eigenvalue weighted by Crippen LogP contribution is 2.48. The molecular formula is C18H15FN4. The smallest absolute Gasteiger partial charge is 0.159 e. The van der Waals surface area contributed by atoms with Crippen LogP contribution in [0.5, 0.6) is 0 Å². The summed E-state index contributed by atoms with van der Waals surface area (Å²) in [4.78, 5) is 8.87. The first kappa shape index (κ1) is 13.9. The van der Waals surface area contributed by atoms with Crippen LogP contribution < -0.4 is 0 Å². The molecule has 0 spiro atoms. The Balaban J connectivity index is 1.87. The van der Waals surface area contributed by atoms with Gasteiger partial charge in [-0.3, -0.25) is 0 Å². The van der Waals surface area contributed by atoms with Gasteiger partial charge in [-0.15, -0.1) is 0 Å². The van der Waals surface area contributed by atoms with Crippen molar-refractivity contribution in [2.75, 3.05) is 0 Å². The van der Waals surface area contributed by atoms with E-state index in [4.69, 9.17) is 0 Å². The summed E-state index contributed by atoms with van der Waals surface area (Å²) < 4.78 is 16.2. The lowest BCUT2D eigenvalue weighted by molar-refractivity contribution is 0.630. The number of imidazole rings is 1. The Kier molecular flexibility index (Phi) is 2.79. The Morgan fingerprint density at radius 1 is 1.30 bits per heavy atom. The normalized spacial score (nSPS) is 15.6. The third kappa shape index (κ3) is 2.02. The Hall–Kier alpha value is -2.74. The molecule has 1 aromatic carbocycles. The van der Waals surface area contributed by atoms with Crippen LogP contribution in [0.3, 0.4) is 0 Å². The number of nitrogens with zero attached hydrogens (tertiary/aromatic N) is 4. The highest BCUT2D eigenvalue weighted by atomic mass is 19.1. The summed E-state index contributed by atoms with van der Waals surface area (Å²) in [5, 5.41) is 9.35. The van der Waals surface area contributed by atoms with E-state index in [1.54, 1.807) is 18.3 Å². The van der Waals surface area contributed by atoms with Crippen molar-refractivity contribution in [3.8, 4) is 17.2 Å². The molecule has 4 rings (SSSR count). The van der Waals surface area contributed by atoms with E-state index in [-0.39, 0.29) is 5.82 Å². The van der Waals surface area contributed by atoms with Gasteiger partial charge in [0.25, 0.3) is 0 Å². The topological polar surface area (TPSA) is 54.5 Å². The number of aryl methyl sites for hydroxylation is 2. The number of pyridine rings is 1. The second-order valence-electron chi connectivity index (χ2n) is 6.17. The molecule has 3 aromatic rings. The molecule has 23 heavy (non-hydrogen) atoms. The van der Waals surface area contributed by atoms with E-state index in [1.165, 1.54) is 6.07 Å². The molecule has 0 N–H and O–H groups in total. The zero-order valence-electron chi connectivity index (χ0n) is 13.0. The van der Waals surface area contributed by atoms with Crippen molar-refractivity contribution >= 4 is 11.2 Å². The Morgan fingerprint density at radius 3 is 2.78 bits per heavy atom. The number of benzene rings is 1. The van der Waals surface area contributed by atoms with E-state index in [0.717, 1.165) is 35.4 Å².